The summed E-state index contributed by atoms with van der Waals surface area (Å²) < 4.78 is 13.0. The third-order valence-electron chi connectivity index (χ3n) is 2.81. The number of anilines is 1. The molecule has 0 radical (unpaired) electrons. The van der Waals surface area contributed by atoms with E-state index in [-0.39, 0.29) is 21.3 Å². The fourth-order valence-corrected chi connectivity index (χ4v) is 2.47. The van der Waals surface area contributed by atoms with Gasteiger partial charge in [0, 0.05) is 10.5 Å². The average molecular weight is 357 g/mol. The molecular formula is C15H12BrClFNO. The lowest BCUT2D eigenvalue weighted by Crippen LogP contribution is -2.14. The summed E-state index contributed by atoms with van der Waals surface area (Å²) in [5.41, 5.74) is 1.89. The molecule has 2 aromatic carbocycles. The summed E-state index contributed by atoms with van der Waals surface area (Å²) >= 11 is 9.36. The largest absolute Gasteiger partial charge is 0.322 e. The highest BCUT2D eigenvalue weighted by Crippen LogP contribution is 2.29. The maximum atomic E-state index is 13.0. The van der Waals surface area contributed by atoms with Crippen molar-refractivity contribution < 1.29 is 9.18 Å². The maximum Gasteiger partial charge on any atom is 0.257 e. The molecule has 0 saturated heterocycles. The average Bonchev–Trinajstić information content (AvgIpc) is 2.38. The third kappa shape index (κ3) is 3.38. The van der Waals surface area contributed by atoms with Gasteiger partial charge in [-0.05, 0) is 36.8 Å². The van der Waals surface area contributed by atoms with Crippen LogP contribution in [0.5, 0.6) is 0 Å². The lowest BCUT2D eigenvalue weighted by atomic mass is 10.1. The molecule has 0 aliphatic rings. The molecule has 2 rings (SSSR count). The number of alkyl halides is 1. The van der Waals surface area contributed by atoms with Crippen molar-refractivity contribution in [3.63, 3.8) is 0 Å². The number of hydrogen-bond donors (Lipinski definition) is 1. The van der Waals surface area contributed by atoms with Crippen LogP contribution in [0.2, 0.25) is 5.02 Å². The fourth-order valence-electron chi connectivity index (χ4n) is 1.82. The number of halogens is 3. The molecule has 2 nitrogen and oxygen atoms in total. The highest BCUT2D eigenvalue weighted by atomic mass is 79.9. The summed E-state index contributed by atoms with van der Waals surface area (Å²) in [7, 11) is 0. The van der Waals surface area contributed by atoms with Gasteiger partial charge in [0.25, 0.3) is 5.91 Å². The van der Waals surface area contributed by atoms with Gasteiger partial charge in [-0.25, -0.2) is 4.39 Å². The number of benzene rings is 2. The van der Waals surface area contributed by atoms with E-state index in [1.807, 2.05) is 31.2 Å². The number of amides is 1. The number of hydrogen-bond acceptors (Lipinski definition) is 1. The molecule has 104 valence electrons. The van der Waals surface area contributed by atoms with Crippen LogP contribution in [0.15, 0.2) is 42.5 Å². The van der Waals surface area contributed by atoms with Crippen molar-refractivity contribution in [1.29, 1.82) is 0 Å². The quantitative estimate of drug-likeness (QED) is 0.754. The van der Waals surface area contributed by atoms with E-state index in [0.29, 0.717) is 5.69 Å². The van der Waals surface area contributed by atoms with Gasteiger partial charge in [-0.3, -0.25) is 4.79 Å². The van der Waals surface area contributed by atoms with Crippen LogP contribution in [0.3, 0.4) is 0 Å². The Kier molecular flexibility index (Phi) is 4.78. The zero-order valence-corrected chi connectivity index (χ0v) is 13.0. The third-order valence-corrected chi connectivity index (χ3v) is 3.62. The predicted octanol–water partition coefficient (Wildman–Crippen LogP) is 5.19. The molecule has 0 spiro atoms. The van der Waals surface area contributed by atoms with E-state index in [4.69, 9.17) is 11.6 Å². The maximum absolute atomic E-state index is 13.0. The molecule has 20 heavy (non-hydrogen) atoms. The number of carbonyl (C=O) groups excluding carboxylic acids is 1. The highest BCUT2D eigenvalue weighted by molar-refractivity contribution is 9.09. The molecule has 2 aromatic rings. The van der Waals surface area contributed by atoms with E-state index in [2.05, 4.69) is 21.2 Å². The molecule has 0 aliphatic heterocycles. The van der Waals surface area contributed by atoms with Crippen LogP contribution >= 0.6 is 27.5 Å². The van der Waals surface area contributed by atoms with Gasteiger partial charge in [-0.1, -0.05) is 45.7 Å². The molecular weight excluding hydrogens is 345 g/mol. The molecule has 0 aliphatic carbocycles. The molecule has 1 N–H and O–H groups in total. The van der Waals surface area contributed by atoms with Gasteiger partial charge >= 0.3 is 0 Å². The Balaban J connectivity index is 2.28. The van der Waals surface area contributed by atoms with Crippen molar-refractivity contribution in [1.82, 2.24) is 0 Å². The Hall–Kier alpha value is -1.39. The molecule has 0 aromatic heterocycles. The van der Waals surface area contributed by atoms with Crippen molar-refractivity contribution in [2.45, 2.75) is 11.8 Å². The zero-order chi connectivity index (χ0) is 14.7. The summed E-state index contributed by atoms with van der Waals surface area (Å²) in [6, 6.07) is 11.2. The summed E-state index contributed by atoms with van der Waals surface area (Å²) in [6.07, 6.45) is 0. The van der Waals surface area contributed by atoms with Gasteiger partial charge in [0.15, 0.2) is 0 Å². The lowest BCUT2D eigenvalue weighted by molar-refractivity contribution is 0.102. The van der Waals surface area contributed by atoms with Gasteiger partial charge < -0.3 is 5.32 Å². The monoisotopic (exact) mass is 355 g/mol. The summed E-state index contributed by atoms with van der Waals surface area (Å²) in [5.74, 6) is -0.836. The van der Waals surface area contributed by atoms with E-state index >= 15 is 0 Å². The molecule has 1 atom stereocenters. The van der Waals surface area contributed by atoms with Crippen LogP contribution in [0.1, 0.15) is 27.7 Å². The first-order valence-electron chi connectivity index (χ1n) is 5.98. The van der Waals surface area contributed by atoms with Crippen LogP contribution in [0, 0.1) is 5.82 Å². The molecule has 1 unspecified atom stereocenters. The van der Waals surface area contributed by atoms with E-state index in [0.717, 1.165) is 11.6 Å². The Morgan fingerprint density at radius 3 is 2.65 bits per heavy atom. The second kappa shape index (κ2) is 6.37. The number of nitrogens with one attached hydrogen (secondary N) is 1. The minimum atomic E-state index is -0.471. The Labute approximate surface area is 130 Å². The topological polar surface area (TPSA) is 29.1 Å². The first-order chi connectivity index (χ1) is 9.49. The van der Waals surface area contributed by atoms with Gasteiger partial charge in [0.1, 0.15) is 5.82 Å². The summed E-state index contributed by atoms with van der Waals surface area (Å²) in [5, 5.41) is 2.88. The van der Waals surface area contributed by atoms with Crippen LogP contribution in [0.4, 0.5) is 10.1 Å². The van der Waals surface area contributed by atoms with Gasteiger partial charge in [-0.15, -0.1) is 0 Å². The van der Waals surface area contributed by atoms with Crippen molar-refractivity contribution in [3.05, 3.63) is 64.4 Å². The van der Waals surface area contributed by atoms with Gasteiger partial charge in [0.2, 0.25) is 0 Å². The van der Waals surface area contributed by atoms with Crippen LogP contribution < -0.4 is 5.32 Å². The normalized spacial score (nSPS) is 12.0. The van der Waals surface area contributed by atoms with Crippen LogP contribution in [-0.2, 0) is 0 Å². The van der Waals surface area contributed by atoms with Crippen LogP contribution in [-0.4, -0.2) is 5.91 Å². The Morgan fingerprint density at radius 1 is 1.30 bits per heavy atom. The molecule has 5 heteroatoms. The molecule has 1 amide bonds. The summed E-state index contributed by atoms with van der Waals surface area (Å²) in [6.45, 7) is 1.97. The van der Waals surface area contributed by atoms with E-state index in [1.54, 1.807) is 0 Å². The highest BCUT2D eigenvalue weighted by Gasteiger charge is 2.14. The zero-order valence-electron chi connectivity index (χ0n) is 10.7. The van der Waals surface area contributed by atoms with Crippen molar-refractivity contribution >= 4 is 39.1 Å². The van der Waals surface area contributed by atoms with Crippen molar-refractivity contribution in [2.24, 2.45) is 0 Å². The Bertz CT molecular complexity index is 646. The van der Waals surface area contributed by atoms with E-state index in [9.17, 15) is 9.18 Å². The SMILES string of the molecule is CC(Br)c1ccccc1NC(=O)c1ccc(F)cc1Cl. The first-order valence-corrected chi connectivity index (χ1v) is 7.28. The summed E-state index contributed by atoms with van der Waals surface area (Å²) in [4.78, 5) is 12.3. The lowest BCUT2D eigenvalue weighted by Gasteiger charge is -2.13. The van der Waals surface area contributed by atoms with Crippen molar-refractivity contribution in [2.75, 3.05) is 5.32 Å². The smallest absolute Gasteiger partial charge is 0.257 e. The molecule has 0 fully saturated rings. The van der Waals surface area contributed by atoms with E-state index < -0.39 is 5.82 Å². The van der Waals surface area contributed by atoms with Gasteiger partial charge in [0.05, 0.1) is 10.6 Å². The Morgan fingerprint density at radius 2 is 2.00 bits per heavy atom. The minimum absolute atomic E-state index is 0.0897. The number of rotatable bonds is 3. The predicted molar refractivity (Wildman–Crippen MR) is 83.1 cm³/mol. The van der Waals surface area contributed by atoms with Crippen molar-refractivity contribution in [3.8, 4) is 0 Å². The number of carbonyl (C=O) groups is 1. The fraction of sp³-hybridized carbons (Fsp3) is 0.133. The molecule has 0 heterocycles. The van der Waals surface area contributed by atoms with Crippen LogP contribution in [0.25, 0.3) is 0 Å². The molecule has 0 saturated carbocycles. The first kappa shape index (κ1) is 15.0. The standard InChI is InChI=1S/C15H12BrClFNO/c1-9(16)11-4-2-3-5-14(11)19-15(20)12-7-6-10(18)8-13(12)17/h2-9H,1H3,(H,19,20). The molecule has 0 bridgehead atoms. The van der Waals surface area contributed by atoms with Gasteiger partial charge in [-0.2, -0.15) is 0 Å². The van der Waals surface area contributed by atoms with E-state index in [1.165, 1.54) is 12.1 Å². The second-order valence-electron chi connectivity index (χ2n) is 4.28. The number of para-hydroxylation sites is 1. The minimum Gasteiger partial charge on any atom is -0.322 e. The second-order valence-corrected chi connectivity index (χ2v) is 6.06.